The van der Waals surface area contributed by atoms with E-state index in [1.807, 2.05) is 55.5 Å². The molecule has 3 aromatic rings. The van der Waals surface area contributed by atoms with Crippen LogP contribution in [0.15, 0.2) is 60.7 Å². The molecule has 4 N–H and O–H groups in total. The van der Waals surface area contributed by atoms with Crippen LogP contribution in [0, 0.1) is 6.92 Å². The zero-order valence-corrected chi connectivity index (χ0v) is 14.4. The van der Waals surface area contributed by atoms with Crippen LogP contribution in [0.3, 0.4) is 0 Å². The van der Waals surface area contributed by atoms with Crippen LogP contribution in [-0.2, 0) is 0 Å². The lowest BCUT2D eigenvalue weighted by Crippen LogP contribution is -2.43. The number of thiocarbonyl (C=S) groups is 1. The molecule has 0 heterocycles. The number of nitrogens with one attached hydrogen (secondary N) is 3. The quantitative estimate of drug-likeness (QED) is 0.420. The van der Waals surface area contributed by atoms with Gasteiger partial charge >= 0.3 is 0 Å². The van der Waals surface area contributed by atoms with E-state index in [9.17, 15) is 9.90 Å². The average Bonchev–Trinajstić information content (AvgIpc) is 2.61. The number of amides is 1. The summed E-state index contributed by atoms with van der Waals surface area (Å²) in [5.74, 6) is -0.562. The summed E-state index contributed by atoms with van der Waals surface area (Å²) in [6, 6.07) is 18.4. The van der Waals surface area contributed by atoms with Crippen molar-refractivity contribution >= 4 is 39.7 Å². The lowest BCUT2D eigenvalue weighted by Gasteiger charge is -2.14. The van der Waals surface area contributed by atoms with E-state index in [4.69, 9.17) is 12.2 Å². The second kappa shape index (κ2) is 7.19. The standard InChI is InChI=1S/C19H17N3O2S/c1-12-6-2-5-9-16(12)20-19(25)22-21-18(24)15-10-13-7-3-4-8-14(13)11-17(15)23/h2-11,23H,1H3,(H,21,24)(H2,20,22,25). The third kappa shape index (κ3) is 3.87. The van der Waals surface area contributed by atoms with Crippen LogP contribution in [-0.4, -0.2) is 16.1 Å². The van der Waals surface area contributed by atoms with Crippen molar-refractivity contribution in [3.05, 3.63) is 71.8 Å². The number of phenolic OH excluding ortho intramolecular Hbond substituents is 1. The van der Waals surface area contributed by atoms with Crippen molar-refractivity contribution in [2.24, 2.45) is 0 Å². The second-order valence-corrected chi connectivity index (χ2v) is 5.97. The van der Waals surface area contributed by atoms with Crippen molar-refractivity contribution < 1.29 is 9.90 Å². The average molecular weight is 351 g/mol. The Hall–Kier alpha value is -3.12. The molecule has 126 valence electrons. The number of rotatable bonds is 2. The van der Waals surface area contributed by atoms with Crippen LogP contribution in [0.25, 0.3) is 10.8 Å². The van der Waals surface area contributed by atoms with Crippen molar-refractivity contribution in [2.75, 3.05) is 5.32 Å². The fourth-order valence-electron chi connectivity index (χ4n) is 2.46. The third-order valence-electron chi connectivity index (χ3n) is 3.79. The number of fused-ring (bicyclic) bond motifs is 1. The minimum Gasteiger partial charge on any atom is -0.507 e. The van der Waals surface area contributed by atoms with Crippen molar-refractivity contribution in [3.63, 3.8) is 0 Å². The van der Waals surface area contributed by atoms with Gasteiger partial charge in [0.2, 0.25) is 0 Å². The van der Waals surface area contributed by atoms with E-state index in [1.165, 1.54) is 0 Å². The van der Waals surface area contributed by atoms with Gasteiger partial charge in [-0.2, -0.15) is 0 Å². The van der Waals surface area contributed by atoms with Crippen LogP contribution >= 0.6 is 12.2 Å². The van der Waals surface area contributed by atoms with Crippen LogP contribution in [0.4, 0.5) is 5.69 Å². The van der Waals surface area contributed by atoms with Gasteiger partial charge in [0.05, 0.1) is 5.56 Å². The SMILES string of the molecule is Cc1ccccc1NC(=S)NNC(=O)c1cc2ccccc2cc1O. The van der Waals surface area contributed by atoms with Crippen LogP contribution < -0.4 is 16.2 Å². The summed E-state index contributed by atoms with van der Waals surface area (Å²) in [7, 11) is 0. The lowest BCUT2D eigenvalue weighted by molar-refractivity contribution is 0.0941. The number of carbonyl (C=O) groups is 1. The molecule has 0 fully saturated rings. The summed E-state index contributed by atoms with van der Waals surface area (Å²) in [4.78, 5) is 12.3. The van der Waals surface area contributed by atoms with Gasteiger partial charge in [-0.1, -0.05) is 42.5 Å². The lowest BCUT2D eigenvalue weighted by atomic mass is 10.1. The number of benzene rings is 3. The topological polar surface area (TPSA) is 73.4 Å². The number of anilines is 1. The van der Waals surface area contributed by atoms with Gasteiger partial charge in [0.25, 0.3) is 5.91 Å². The number of aromatic hydroxyl groups is 1. The molecule has 6 heteroatoms. The van der Waals surface area contributed by atoms with Crippen molar-refractivity contribution in [1.29, 1.82) is 0 Å². The number of aryl methyl sites for hydroxylation is 1. The Bertz CT molecular complexity index is 956. The Morgan fingerprint density at radius 1 is 0.960 bits per heavy atom. The van der Waals surface area contributed by atoms with Gasteiger partial charge in [-0.3, -0.25) is 15.6 Å². The van der Waals surface area contributed by atoms with E-state index in [0.29, 0.717) is 0 Å². The Labute approximate surface area is 150 Å². The fraction of sp³-hybridized carbons (Fsp3) is 0.0526. The number of phenols is 1. The van der Waals surface area contributed by atoms with Crippen molar-refractivity contribution in [3.8, 4) is 5.75 Å². The molecule has 0 radical (unpaired) electrons. The molecule has 0 aliphatic rings. The van der Waals surface area contributed by atoms with E-state index in [-0.39, 0.29) is 16.4 Å². The van der Waals surface area contributed by atoms with Gasteiger partial charge in [0, 0.05) is 5.69 Å². The number of hydrogen-bond donors (Lipinski definition) is 4. The summed E-state index contributed by atoms with van der Waals surface area (Å²) in [5, 5.41) is 15.1. The third-order valence-corrected chi connectivity index (χ3v) is 4.00. The Morgan fingerprint density at radius 3 is 2.32 bits per heavy atom. The molecule has 0 aliphatic carbocycles. The number of hydrogen-bond acceptors (Lipinski definition) is 3. The Balaban J connectivity index is 1.67. The molecule has 0 saturated heterocycles. The van der Waals surface area contributed by atoms with E-state index in [0.717, 1.165) is 22.0 Å². The highest BCUT2D eigenvalue weighted by atomic mass is 32.1. The Kier molecular flexibility index (Phi) is 4.81. The zero-order chi connectivity index (χ0) is 17.8. The summed E-state index contributed by atoms with van der Waals surface area (Å²) in [5.41, 5.74) is 7.19. The van der Waals surface area contributed by atoms with E-state index >= 15 is 0 Å². The maximum atomic E-state index is 12.3. The highest BCUT2D eigenvalue weighted by Crippen LogP contribution is 2.24. The monoisotopic (exact) mass is 351 g/mol. The molecular weight excluding hydrogens is 334 g/mol. The maximum absolute atomic E-state index is 12.3. The van der Waals surface area contributed by atoms with Gasteiger partial charge in [-0.25, -0.2) is 0 Å². The fourth-order valence-corrected chi connectivity index (χ4v) is 2.62. The minimum absolute atomic E-state index is 0.0872. The second-order valence-electron chi connectivity index (χ2n) is 5.56. The van der Waals surface area contributed by atoms with E-state index in [2.05, 4.69) is 16.2 Å². The smallest absolute Gasteiger partial charge is 0.273 e. The number of para-hydroxylation sites is 1. The highest BCUT2D eigenvalue weighted by Gasteiger charge is 2.12. The first-order chi connectivity index (χ1) is 12.0. The summed E-state index contributed by atoms with van der Waals surface area (Å²) < 4.78 is 0. The molecule has 0 aliphatic heterocycles. The first-order valence-corrected chi connectivity index (χ1v) is 8.10. The molecule has 0 saturated carbocycles. The summed E-state index contributed by atoms with van der Waals surface area (Å²) >= 11 is 5.17. The molecular formula is C19H17N3O2S. The largest absolute Gasteiger partial charge is 0.507 e. The molecule has 3 aromatic carbocycles. The van der Waals surface area contributed by atoms with E-state index < -0.39 is 5.91 Å². The van der Waals surface area contributed by atoms with Crippen LogP contribution in [0.2, 0.25) is 0 Å². The number of carbonyl (C=O) groups excluding carboxylic acids is 1. The summed E-state index contributed by atoms with van der Waals surface area (Å²) in [6.45, 7) is 1.96. The molecule has 0 spiro atoms. The summed E-state index contributed by atoms with van der Waals surface area (Å²) in [6.07, 6.45) is 0. The van der Waals surface area contributed by atoms with E-state index in [1.54, 1.807) is 12.1 Å². The highest BCUT2D eigenvalue weighted by molar-refractivity contribution is 7.80. The van der Waals surface area contributed by atoms with Crippen molar-refractivity contribution in [2.45, 2.75) is 6.92 Å². The normalized spacial score (nSPS) is 10.3. The molecule has 0 unspecified atom stereocenters. The molecule has 0 bridgehead atoms. The van der Waals surface area contributed by atoms with Crippen LogP contribution in [0.5, 0.6) is 5.75 Å². The molecule has 0 atom stereocenters. The van der Waals surface area contributed by atoms with Gasteiger partial charge in [-0.05, 0) is 53.7 Å². The first-order valence-electron chi connectivity index (χ1n) is 7.69. The van der Waals surface area contributed by atoms with Crippen molar-refractivity contribution in [1.82, 2.24) is 10.9 Å². The molecule has 1 amide bonds. The van der Waals surface area contributed by atoms with Gasteiger partial charge in [0.1, 0.15) is 5.75 Å². The first kappa shape index (κ1) is 16.7. The maximum Gasteiger partial charge on any atom is 0.273 e. The predicted octanol–water partition coefficient (Wildman–Crippen LogP) is 3.49. The van der Waals surface area contributed by atoms with Gasteiger partial charge in [-0.15, -0.1) is 0 Å². The molecule has 5 nitrogen and oxygen atoms in total. The van der Waals surface area contributed by atoms with Gasteiger partial charge < -0.3 is 10.4 Å². The zero-order valence-electron chi connectivity index (χ0n) is 13.5. The molecule has 0 aromatic heterocycles. The molecule has 3 rings (SSSR count). The van der Waals surface area contributed by atoms with Crippen LogP contribution in [0.1, 0.15) is 15.9 Å². The molecule has 25 heavy (non-hydrogen) atoms. The minimum atomic E-state index is -0.475. The predicted molar refractivity (Wildman–Crippen MR) is 104 cm³/mol. The number of hydrazine groups is 1. The Morgan fingerprint density at radius 2 is 1.60 bits per heavy atom. The van der Waals surface area contributed by atoms with Gasteiger partial charge in [0.15, 0.2) is 5.11 Å².